The van der Waals surface area contributed by atoms with Crippen LogP contribution in [0.4, 0.5) is 11.4 Å². The van der Waals surface area contributed by atoms with Gasteiger partial charge >= 0.3 is 0 Å². The molecule has 2 aliphatic heterocycles. The van der Waals surface area contributed by atoms with E-state index in [-0.39, 0.29) is 29.4 Å². The fraction of sp³-hybridized carbons (Fsp3) is 0.452. The van der Waals surface area contributed by atoms with Gasteiger partial charge in [0.25, 0.3) is 10.1 Å². The molecule has 2 aromatic carbocycles. The second kappa shape index (κ2) is 11.1. The van der Waals surface area contributed by atoms with Crippen LogP contribution in [0.5, 0.6) is 0 Å². The highest BCUT2D eigenvalue weighted by molar-refractivity contribution is 7.85. The average Bonchev–Trinajstić information content (AvgIpc) is 3.16. The van der Waals surface area contributed by atoms with Crippen molar-refractivity contribution >= 4 is 37.3 Å². The summed E-state index contributed by atoms with van der Waals surface area (Å²) in [4.78, 5) is 2.13. The molecule has 0 saturated heterocycles. The smallest absolute Gasteiger partial charge is 0.264 e. The molecule has 0 atom stereocenters. The largest absolute Gasteiger partial charge is 0.748 e. The number of hydrogen-bond acceptors (Lipinski definition) is 6. The molecule has 0 aliphatic carbocycles. The zero-order valence-corrected chi connectivity index (χ0v) is 26.3. The van der Waals surface area contributed by atoms with Gasteiger partial charge in [-0.1, -0.05) is 49.2 Å². The zero-order chi connectivity index (χ0) is 30.4. The highest BCUT2D eigenvalue weighted by Crippen LogP contribution is 2.48. The van der Waals surface area contributed by atoms with E-state index < -0.39 is 26.0 Å². The van der Waals surface area contributed by atoms with E-state index in [4.69, 9.17) is 0 Å². The van der Waals surface area contributed by atoms with E-state index in [9.17, 15) is 25.9 Å². The van der Waals surface area contributed by atoms with Crippen LogP contribution >= 0.6 is 0 Å². The van der Waals surface area contributed by atoms with Crippen LogP contribution in [0, 0.1) is 13.8 Å². The second-order valence-electron chi connectivity index (χ2n) is 12.1. The molecule has 0 bridgehead atoms. The van der Waals surface area contributed by atoms with Gasteiger partial charge in [-0.3, -0.25) is 4.55 Å². The molecule has 2 aromatic rings. The van der Waals surface area contributed by atoms with Crippen LogP contribution in [0.15, 0.2) is 60.3 Å². The van der Waals surface area contributed by atoms with Crippen molar-refractivity contribution in [1.29, 1.82) is 0 Å². The fourth-order valence-electron chi connectivity index (χ4n) is 6.10. The summed E-state index contributed by atoms with van der Waals surface area (Å²) in [7, 11) is -8.38. The van der Waals surface area contributed by atoms with E-state index in [0.717, 1.165) is 45.0 Å². The van der Waals surface area contributed by atoms with Crippen LogP contribution in [0.3, 0.4) is 0 Å². The van der Waals surface area contributed by atoms with Gasteiger partial charge in [-0.25, -0.2) is 8.42 Å². The van der Waals surface area contributed by atoms with E-state index in [1.54, 1.807) is 0 Å². The Labute approximate surface area is 244 Å². The molecular formula is C31H40N2O6S2. The fourth-order valence-corrected chi connectivity index (χ4v) is 7.07. The van der Waals surface area contributed by atoms with Crippen LogP contribution in [-0.4, -0.2) is 60.8 Å². The van der Waals surface area contributed by atoms with Crippen molar-refractivity contribution < 1.29 is 30.5 Å². The Morgan fingerprint density at radius 2 is 1.54 bits per heavy atom. The van der Waals surface area contributed by atoms with E-state index in [0.29, 0.717) is 13.1 Å². The quantitative estimate of drug-likeness (QED) is 0.297. The molecule has 0 aromatic heterocycles. The Bertz CT molecular complexity index is 1670. The van der Waals surface area contributed by atoms with Crippen molar-refractivity contribution in [3.8, 4) is 0 Å². The van der Waals surface area contributed by atoms with Gasteiger partial charge in [0.2, 0.25) is 5.69 Å². The topological polar surface area (TPSA) is 118 Å². The van der Waals surface area contributed by atoms with Gasteiger partial charge in [-0.2, -0.15) is 13.0 Å². The summed E-state index contributed by atoms with van der Waals surface area (Å²) in [5, 5.41) is 0. The van der Waals surface area contributed by atoms with Gasteiger partial charge in [-0.05, 0) is 57.9 Å². The summed E-state index contributed by atoms with van der Waals surface area (Å²) in [6.45, 7) is 13.5. The number of benzene rings is 2. The zero-order valence-electron chi connectivity index (χ0n) is 24.6. The molecule has 2 aliphatic rings. The van der Waals surface area contributed by atoms with Crippen LogP contribution in [-0.2, 0) is 31.1 Å². The molecule has 10 heteroatoms. The van der Waals surface area contributed by atoms with Gasteiger partial charge in [0.15, 0.2) is 5.71 Å². The average molecular weight is 601 g/mol. The molecular weight excluding hydrogens is 560 g/mol. The normalized spacial score (nSPS) is 18.9. The first kappa shape index (κ1) is 31.2. The number of hydrogen-bond donors (Lipinski definition) is 1. The molecule has 222 valence electrons. The number of nitrogens with zero attached hydrogens (tertiary/aromatic N) is 2. The monoisotopic (exact) mass is 600 g/mol. The predicted octanol–water partition coefficient (Wildman–Crippen LogP) is 5.13. The molecule has 8 nitrogen and oxygen atoms in total. The van der Waals surface area contributed by atoms with Crippen LogP contribution < -0.4 is 4.90 Å². The molecule has 0 amide bonds. The van der Waals surface area contributed by atoms with Crippen molar-refractivity contribution in [1.82, 2.24) is 0 Å². The lowest BCUT2D eigenvalue weighted by Crippen LogP contribution is -2.29. The lowest BCUT2D eigenvalue weighted by molar-refractivity contribution is -0.437. The second-order valence-corrected chi connectivity index (χ2v) is 15.2. The standard InChI is InChI=1S/C31H40N2O6S2/c1-22-12-14-26-24(20-22)30(3,4)28(32(26)16-8-18-40(34,35)36)10-7-11-29-31(5,6)25-21-23(2)13-15-27(25)33(29)17-9-19-41(37,38)39/h7,10-15,20-21H,8-9,16-19H2,1-6H3,(H-,34,35,36,37,38,39). The Morgan fingerprint density at radius 3 is 2.17 bits per heavy atom. The molecule has 0 saturated carbocycles. The van der Waals surface area contributed by atoms with Gasteiger partial charge in [0.1, 0.15) is 6.54 Å². The molecule has 1 N–H and O–H groups in total. The third kappa shape index (κ3) is 6.66. The van der Waals surface area contributed by atoms with Crippen molar-refractivity contribution in [3.63, 3.8) is 0 Å². The predicted molar refractivity (Wildman–Crippen MR) is 163 cm³/mol. The molecule has 2 heterocycles. The number of fused-ring (bicyclic) bond motifs is 2. The van der Waals surface area contributed by atoms with Crippen molar-refractivity contribution in [2.45, 2.75) is 65.2 Å². The number of allylic oxidation sites excluding steroid dienone is 4. The lowest BCUT2D eigenvalue weighted by atomic mass is 9.80. The third-order valence-electron chi connectivity index (χ3n) is 8.16. The molecule has 0 spiro atoms. The molecule has 0 radical (unpaired) electrons. The van der Waals surface area contributed by atoms with E-state index in [2.05, 4.69) is 67.5 Å². The molecule has 0 fully saturated rings. The van der Waals surface area contributed by atoms with Gasteiger partial charge in [0, 0.05) is 53.2 Å². The van der Waals surface area contributed by atoms with Gasteiger partial charge < -0.3 is 9.45 Å². The van der Waals surface area contributed by atoms with Crippen LogP contribution in [0.25, 0.3) is 0 Å². The van der Waals surface area contributed by atoms with Crippen molar-refractivity contribution in [2.24, 2.45) is 0 Å². The summed E-state index contributed by atoms with van der Waals surface area (Å²) in [6.07, 6.45) is 6.60. The summed E-state index contributed by atoms with van der Waals surface area (Å²) in [5.74, 6) is -0.734. The summed E-state index contributed by atoms with van der Waals surface area (Å²) < 4.78 is 68.1. The van der Waals surface area contributed by atoms with E-state index >= 15 is 0 Å². The van der Waals surface area contributed by atoms with Crippen LogP contribution in [0.1, 0.15) is 62.8 Å². The van der Waals surface area contributed by atoms with Gasteiger partial charge in [0.05, 0.1) is 21.3 Å². The highest BCUT2D eigenvalue weighted by Gasteiger charge is 2.44. The maximum Gasteiger partial charge on any atom is 0.264 e. The molecule has 4 rings (SSSR count). The Balaban J connectivity index is 1.74. The third-order valence-corrected chi connectivity index (χ3v) is 9.76. The first-order chi connectivity index (χ1) is 18.9. The number of aryl methyl sites for hydroxylation is 2. The number of rotatable bonds is 10. The molecule has 0 unspecified atom stereocenters. The van der Waals surface area contributed by atoms with Gasteiger partial charge in [-0.15, -0.1) is 0 Å². The first-order valence-electron chi connectivity index (χ1n) is 13.8. The minimum atomic E-state index is -4.31. The Hall–Kier alpha value is -2.79. The summed E-state index contributed by atoms with van der Waals surface area (Å²) in [6, 6.07) is 12.5. The van der Waals surface area contributed by atoms with Crippen molar-refractivity contribution in [3.05, 3.63) is 82.6 Å². The minimum Gasteiger partial charge on any atom is -0.748 e. The summed E-state index contributed by atoms with van der Waals surface area (Å²) in [5.41, 5.74) is 7.91. The molecule has 41 heavy (non-hydrogen) atoms. The Morgan fingerprint density at radius 1 is 0.902 bits per heavy atom. The lowest BCUT2D eigenvalue weighted by Gasteiger charge is -2.27. The maximum absolute atomic E-state index is 11.4. The SMILES string of the molecule is Cc1ccc2c(c1)C(C)(C)C(/C=C/C=C1/N(CCCS(=O)(=O)O)c3ccc(C)cc3C1(C)C)=[N+]2CCCS(=O)(=O)[O-]. The van der Waals surface area contributed by atoms with Crippen LogP contribution in [0.2, 0.25) is 0 Å². The van der Waals surface area contributed by atoms with E-state index in [1.807, 2.05) is 38.1 Å². The van der Waals surface area contributed by atoms with E-state index in [1.165, 1.54) is 0 Å². The first-order valence-corrected chi connectivity index (χ1v) is 17.0. The van der Waals surface area contributed by atoms with Crippen molar-refractivity contribution in [2.75, 3.05) is 29.5 Å². The highest BCUT2D eigenvalue weighted by atomic mass is 32.2. The summed E-state index contributed by atoms with van der Waals surface area (Å²) >= 11 is 0. The number of anilines is 1. The Kier molecular flexibility index (Phi) is 8.46. The minimum absolute atomic E-state index is 0.219. The maximum atomic E-state index is 11.4.